The van der Waals surface area contributed by atoms with Gasteiger partial charge >= 0.3 is 5.97 Å². The van der Waals surface area contributed by atoms with Gasteiger partial charge in [-0.05, 0) is 31.9 Å². The molecule has 1 saturated heterocycles. The summed E-state index contributed by atoms with van der Waals surface area (Å²) in [6, 6.07) is 9.88. The topological polar surface area (TPSA) is 62.5 Å². The number of rotatable bonds is 4. The zero-order chi connectivity index (χ0) is 16.6. The van der Waals surface area contributed by atoms with Gasteiger partial charge in [-0.1, -0.05) is 25.1 Å². The number of aryl methyl sites for hydroxylation is 1. The van der Waals surface area contributed by atoms with E-state index in [-0.39, 0.29) is 12.5 Å². The number of aliphatic carboxylic acids is 1. The number of hydrogen-bond acceptors (Lipinski definition) is 2. The molecule has 0 spiro atoms. The molecule has 0 radical (unpaired) electrons. The zero-order valence-electron chi connectivity index (χ0n) is 13.6. The number of fused-ring (bicyclic) bond motifs is 1. The smallest absolute Gasteiger partial charge is 0.311 e. The van der Waals surface area contributed by atoms with Gasteiger partial charge in [-0.25, -0.2) is 0 Å². The standard InChI is InChI=1S/C18H22N2O3/c1-3-9-20-14-7-5-4-6-13(14)11-15(20)16(21)19-10-8-18(2,12-19)17(22)23/h4-7,11H,3,8-10,12H2,1-2H3,(H,22,23). The molecule has 1 amide bonds. The van der Waals surface area contributed by atoms with Crippen LogP contribution in [-0.4, -0.2) is 39.5 Å². The lowest BCUT2D eigenvalue weighted by atomic mass is 9.90. The number of nitrogens with zero attached hydrogens (tertiary/aromatic N) is 2. The number of para-hydroxylation sites is 1. The molecule has 1 aliphatic heterocycles. The Kier molecular flexibility index (Phi) is 3.88. The highest BCUT2D eigenvalue weighted by molar-refractivity contribution is 5.99. The van der Waals surface area contributed by atoms with Gasteiger partial charge in [0.05, 0.1) is 5.41 Å². The van der Waals surface area contributed by atoms with E-state index >= 15 is 0 Å². The average Bonchev–Trinajstić information content (AvgIpc) is 3.10. The third-order valence-corrected chi connectivity index (χ3v) is 4.75. The average molecular weight is 314 g/mol. The molecule has 3 rings (SSSR count). The van der Waals surface area contributed by atoms with Crippen molar-refractivity contribution in [1.82, 2.24) is 9.47 Å². The lowest BCUT2D eigenvalue weighted by Crippen LogP contribution is -2.35. The van der Waals surface area contributed by atoms with Crippen LogP contribution in [0.1, 0.15) is 37.2 Å². The summed E-state index contributed by atoms with van der Waals surface area (Å²) in [5, 5.41) is 10.4. The maximum Gasteiger partial charge on any atom is 0.311 e. The minimum absolute atomic E-state index is 0.0698. The van der Waals surface area contributed by atoms with Gasteiger partial charge in [-0.2, -0.15) is 0 Å². The molecule has 1 aromatic carbocycles. The molecule has 1 aromatic heterocycles. The minimum atomic E-state index is -0.836. The summed E-state index contributed by atoms with van der Waals surface area (Å²) in [6.07, 6.45) is 1.44. The Hall–Kier alpha value is -2.30. The highest BCUT2D eigenvalue weighted by Gasteiger charge is 2.42. The highest BCUT2D eigenvalue weighted by atomic mass is 16.4. The second-order valence-corrected chi connectivity index (χ2v) is 6.58. The first-order valence-corrected chi connectivity index (χ1v) is 8.07. The fourth-order valence-electron chi connectivity index (χ4n) is 3.32. The van der Waals surface area contributed by atoms with Gasteiger partial charge < -0.3 is 14.6 Å². The lowest BCUT2D eigenvalue weighted by molar-refractivity contribution is -0.147. The molecule has 0 saturated carbocycles. The maximum absolute atomic E-state index is 12.9. The van der Waals surface area contributed by atoms with E-state index in [0.29, 0.717) is 18.7 Å². The third-order valence-electron chi connectivity index (χ3n) is 4.75. The second-order valence-electron chi connectivity index (χ2n) is 6.58. The lowest BCUT2D eigenvalue weighted by Gasteiger charge is -2.21. The summed E-state index contributed by atoms with van der Waals surface area (Å²) in [6.45, 7) is 5.34. The van der Waals surface area contributed by atoms with Crippen LogP contribution in [0.25, 0.3) is 10.9 Å². The van der Waals surface area contributed by atoms with Gasteiger partial charge in [0.2, 0.25) is 0 Å². The van der Waals surface area contributed by atoms with Crippen molar-refractivity contribution in [1.29, 1.82) is 0 Å². The van der Waals surface area contributed by atoms with E-state index in [1.165, 1.54) is 0 Å². The predicted octanol–water partition coefficient (Wildman–Crippen LogP) is 2.99. The number of benzene rings is 1. The molecule has 0 aliphatic carbocycles. The van der Waals surface area contributed by atoms with Crippen LogP contribution >= 0.6 is 0 Å². The van der Waals surface area contributed by atoms with Crippen molar-refractivity contribution < 1.29 is 14.7 Å². The molecule has 5 nitrogen and oxygen atoms in total. The van der Waals surface area contributed by atoms with Crippen LogP contribution in [0.2, 0.25) is 0 Å². The van der Waals surface area contributed by atoms with Crippen LogP contribution in [-0.2, 0) is 11.3 Å². The Labute approximate surface area is 135 Å². The summed E-state index contributed by atoms with van der Waals surface area (Å²) in [7, 11) is 0. The Morgan fingerprint density at radius 3 is 2.70 bits per heavy atom. The maximum atomic E-state index is 12.9. The normalized spacial score (nSPS) is 21.0. The number of carboxylic acids is 1. The fourth-order valence-corrected chi connectivity index (χ4v) is 3.32. The van der Waals surface area contributed by atoms with Gasteiger partial charge in [-0.3, -0.25) is 9.59 Å². The van der Waals surface area contributed by atoms with Gasteiger partial charge in [0.1, 0.15) is 5.69 Å². The molecule has 1 fully saturated rings. The van der Waals surface area contributed by atoms with E-state index in [1.807, 2.05) is 34.9 Å². The van der Waals surface area contributed by atoms with Gasteiger partial charge in [0, 0.05) is 30.5 Å². The van der Waals surface area contributed by atoms with Crippen LogP contribution < -0.4 is 0 Å². The van der Waals surface area contributed by atoms with Crippen molar-refractivity contribution in [2.75, 3.05) is 13.1 Å². The molecule has 1 N–H and O–H groups in total. The Morgan fingerprint density at radius 2 is 2.04 bits per heavy atom. The number of carbonyl (C=O) groups is 2. The summed E-state index contributed by atoms with van der Waals surface area (Å²) in [4.78, 5) is 26.0. The van der Waals surface area contributed by atoms with E-state index in [9.17, 15) is 14.7 Å². The van der Waals surface area contributed by atoms with Crippen LogP contribution in [0.15, 0.2) is 30.3 Å². The Morgan fingerprint density at radius 1 is 1.30 bits per heavy atom. The van der Waals surface area contributed by atoms with Gasteiger partial charge in [0.15, 0.2) is 0 Å². The van der Waals surface area contributed by atoms with Crippen LogP contribution in [0.3, 0.4) is 0 Å². The van der Waals surface area contributed by atoms with Crippen molar-refractivity contribution in [3.8, 4) is 0 Å². The molecule has 122 valence electrons. The molecule has 1 atom stereocenters. The number of aromatic nitrogens is 1. The fraction of sp³-hybridized carbons (Fsp3) is 0.444. The molecular formula is C18H22N2O3. The SMILES string of the molecule is CCCn1c(C(=O)N2CCC(C)(C(=O)O)C2)cc2ccccc21. The van der Waals surface area contributed by atoms with Crippen molar-refractivity contribution >= 4 is 22.8 Å². The monoisotopic (exact) mass is 314 g/mol. The van der Waals surface area contributed by atoms with Crippen molar-refractivity contribution in [2.45, 2.75) is 33.2 Å². The number of carbonyl (C=O) groups excluding carboxylic acids is 1. The molecule has 5 heteroatoms. The van der Waals surface area contributed by atoms with E-state index in [1.54, 1.807) is 11.8 Å². The van der Waals surface area contributed by atoms with Crippen LogP contribution in [0, 0.1) is 5.41 Å². The molecule has 2 aromatic rings. The van der Waals surface area contributed by atoms with Crippen LogP contribution in [0.5, 0.6) is 0 Å². The van der Waals surface area contributed by atoms with Crippen molar-refractivity contribution in [2.24, 2.45) is 5.41 Å². The summed E-state index contributed by atoms with van der Waals surface area (Å²) in [5.74, 6) is -0.901. The van der Waals surface area contributed by atoms with Crippen molar-refractivity contribution in [3.63, 3.8) is 0 Å². The largest absolute Gasteiger partial charge is 0.481 e. The summed E-state index contributed by atoms with van der Waals surface area (Å²) in [5.41, 5.74) is 0.873. The second kappa shape index (κ2) is 5.72. The number of amides is 1. The molecule has 1 unspecified atom stereocenters. The van der Waals surface area contributed by atoms with E-state index in [0.717, 1.165) is 23.9 Å². The number of carboxylic acid groups (broad SMARTS) is 1. The van der Waals surface area contributed by atoms with Crippen molar-refractivity contribution in [3.05, 3.63) is 36.0 Å². The molecule has 1 aliphatic rings. The Balaban J connectivity index is 1.95. The molecule has 2 heterocycles. The quantitative estimate of drug-likeness (QED) is 0.943. The predicted molar refractivity (Wildman–Crippen MR) is 88.5 cm³/mol. The first-order chi connectivity index (χ1) is 11.0. The van der Waals surface area contributed by atoms with Gasteiger partial charge in [0.25, 0.3) is 5.91 Å². The minimum Gasteiger partial charge on any atom is -0.481 e. The zero-order valence-corrected chi connectivity index (χ0v) is 13.6. The van der Waals surface area contributed by atoms with Crippen LogP contribution in [0.4, 0.5) is 0 Å². The molecule has 23 heavy (non-hydrogen) atoms. The highest BCUT2D eigenvalue weighted by Crippen LogP contribution is 2.32. The van der Waals surface area contributed by atoms with Gasteiger partial charge in [-0.15, -0.1) is 0 Å². The number of likely N-dealkylation sites (tertiary alicyclic amines) is 1. The molecular weight excluding hydrogens is 292 g/mol. The van der Waals surface area contributed by atoms with E-state index in [4.69, 9.17) is 0 Å². The summed E-state index contributed by atoms with van der Waals surface area (Å²) >= 11 is 0. The first kappa shape index (κ1) is 15.6. The molecule has 0 bridgehead atoms. The van der Waals surface area contributed by atoms with E-state index < -0.39 is 11.4 Å². The van der Waals surface area contributed by atoms with E-state index in [2.05, 4.69) is 6.92 Å². The first-order valence-electron chi connectivity index (χ1n) is 8.07. The number of hydrogen-bond donors (Lipinski definition) is 1. The Bertz CT molecular complexity index is 765. The third kappa shape index (κ3) is 2.60. The summed E-state index contributed by atoms with van der Waals surface area (Å²) < 4.78 is 2.05.